The van der Waals surface area contributed by atoms with Crippen LogP contribution >= 0.6 is 0 Å². The van der Waals surface area contributed by atoms with Crippen LogP contribution in [-0.2, 0) is 5.41 Å². The Kier molecular flexibility index (Phi) is 5.12. The number of alkyl halides is 3. The van der Waals surface area contributed by atoms with E-state index in [2.05, 4.69) is 11.9 Å². The summed E-state index contributed by atoms with van der Waals surface area (Å²) in [7, 11) is 0. The van der Waals surface area contributed by atoms with Crippen LogP contribution in [0.4, 0.5) is 13.2 Å². The second-order valence-electron chi connectivity index (χ2n) is 5.53. The fourth-order valence-corrected chi connectivity index (χ4v) is 2.99. The van der Waals surface area contributed by atoms with Crippen LogP contribution in [0.2, 0.25) is 0 Å². The fraction of sp³-hybridized carbons (Fsp3) is 0.333. The number of rotatable bonds is 6. The van der Waals surface area contributed by atoms with Crippen LogP contribution < -0.4 is 5.32 Å². The van der Waals surface area contributed by atoms with Gasteiger partial charge in [0.25, 0.3) is 0 Å². The van der Waals surface area contributed by atoms with E-state index >= 15 is 0 Å². The number of nitrogens with one attached hydrogen (secondary N) is 1. The largest absolute Gasteiger partial charge is 0.401 e. The van der Waals surface area contributed by atoms with Crippen molar-refractivity contribution >= 4 is 5.57 Å². The SMILES string of the molecule is C=C/C=C\C1=CC(CC)(C(O)NCC(F)(F)F)c2ccccc21. The van der Waals surface area contributed by atoms with E-state index in [9.17, 15) is 18.3 Å². The Morgan fingerprint density at radius 2 is 2.04 bits per heavy atom. The van der Waals surface area contributed by atoms with E-state index in [0.717, 1.165) is 16.7 Å². The summed E-state index contributed by atoms with van der Waals surface area (Å²) in [5, 5.41) is 12.7. The molecule has 23 heavy (non-hydrogen) atoms. The first-order valence-electron chi connectivity index (χ1n) is 7.44. The molecule has 1 aromatic carbocycles. The lowest BCUT2D eigenvalue weighted by Gasteiger charge is -2.34. The van der Waals surface area contributed by atoms with Gasteiger partial charge in [0, 0.05) is 0 Å². The lowest BCUT2D eigenvalue weighted by molar-refractivity contribution is -0.133. The second kappa shape index (κ2) is 6.72. The molecule has 2 rings (SSSR count). The molecule has 5 heteroatoms. The molecule has 0 aliphatic heterocycles. The Hall–Kier alpha value is -1.85. The van der Waals surface area contributed by atoms with E-state index < -0.39 is 24.4 Å². The molecular formula is C18H20F3NO. The molecular weight excluding hydrogens is 303 g/mol. The molecule has 0 amide bonds. The van der Waals surface area contributed by atoms with Crippen molar-refractivity contribution in [1.82, 2.24) is 5.32 Å². The van der Waals surface area contributed by atoms with E-state index in [1.54, 1.807) is 12.2 Å². The Bertz CT molecular complexity index is 633. The zero-order valence-electron chi connectivity index (χ0n) is 12.9. The smallest absolute Gasteiger partial charge is 0.377 e. The van der Waals surface area contributed by atoms with Crippen molar-refractivity contribution in [1.29, 1.82) is 0 Å². The fourth-order valence-electron chi connectivity index (χ4n) is 2.99. The number of aliphatic hydroxyl groups excluding tert-OH is 1. The van der Waals surface area contributed by atoms with E-state index in [1.807, 2.05) is 43.3 Å². The summed E-state index contributed by atoms with van der Waals surface area (Å²) in [5.41, 5.74) is 1.73. The molecule has 2 nitrogen and oxygen atoms in total. The van der Waals surface area contributed by atoms with Crippen LogP contribution in [0.15, 0.2) is 55.1 Å². The van der Waals surface area contributed by atoms with E-state index in [4.69, 9.17) is 0 Å². The summed E-state index contributed by atoms with van der Waals surface area (Å²) in [6, 6.07) is 7.45. The normalized spacial score (nSPS) is 22.0. The first-order chi connectivity index (χ1) is 10.8. The summed E-state index contributed by atoms with van der Waals surface area (Å²) >= 11 is 0. The number of hydrogen-bond acceptors (Lipinski definition) is 2. The summed E-state index contributed by atoms with van der Waals surface area (Å²) < 4.78 is 37.4. The quantitative estimate of drug-likeness (QED) is 0.614. The third-order valence-corrected chi connectivity index (χ3v) is 4.13. The third-order valence-electron chi connectivity index (χ3n) is 4.13. The number of benzene rings is 1. The van der Waals surface area contributed by atoms with Gasteiger partial charge in [-0.05, 0) is 23.1 Å². The van der Waals surface area contributed by atoms with Crippen LogP contribution in [0.3, 0.4) is 0 Å². The zero-order valence-corrected chi connectivity index (χ0v) is 12.9. The lowest BCUT2D eigenvalue weighted by Crippen LogP contribution is -2.49. The van der Waals surface area contributed by atoms with E-state index in [1.165, 1.54) is 0 Å². The third kappa shape index (κ3) is 3.57. The molecule has 2 N–H and O–H groups in total. The van der Waals surface area contributed by atoms with Crippen molar-refractivity contribution < 1.29 is 18.3 Å². The van der Waals surface area contributed by atoms with Gasteiger partial charge in [0.1, 0.15) is 6.23 Å². The Morgan fingerprint density at radius 1 is 1.35 bits per heavy atom. The highest BCUT2D eigenvalue weighted by molar-refractivity contribution is 5.83. The van der Waals surface area contributed by atoms with E-state index in [-0.39, 0.29) is 0 Å². The number of halogens is 3. The maximum absolute atomic E-state index is 12.5. The highest BCUT2D eigenvalue weighted by Crippen LogP contribution is 2.45. The minimum atomic E-state index is -4.37. The molecule has 1 aliphatic rings. The molecule has 0 saturated carbocycles. The molecule has 0 spiro atoms. The van der Waals surface area contributed by atoms with Gasteiger partial charge in [-0.25, -0.2) is 0 Å². The molecule has 1 aromatic rings. The van der Waals surface area contributed by atoms with Crippen molar-refractivity contribution in [2.75, 3.05) is 6.54 Å². The monoisotopic (exact) mass is 323 g/mol. The molecule has 124 valence electrons. The maximum atomic E-state index is 12.5. The van der Waals surface area contributed by atoms with Crippen LogP contribution in [-0.4, -0.2) is 24.1 Å². The predicted octanol–water partition coefficient (Wildman–Crippen LogP) is 3.94. The number of fused-ring (bicyclic) bond motifs is 1. The molecule has 0 aromatic heterocycles. The minimum Gasteiger partial charge on any atom is -0.377 e. The van der Waals surface area contributed by atoms with Crippen LogP contribution in [0.1, 0.15) is 24.5 Å². The van der Waals surface area contributed by atoms with Crippen molar-refractivity contribution in [3.05, 3.63) is 66.3 Å². The number of hydrogen-bond donors (Lipinski definition) is 2. The van der Waals surface area contributed by atoms with Gasteiger partial charge in [-0.15, -0.1) is 0 Å². The molecule has 0 bridgehead atoms. The minimum absolute atomic E-state index is 0.474. The molecule has 1 aliphatic carbocycles. The van der Waals surface area contributed by atoms with Gasteiger partial charge in [-0.2, -0.15) is 13.2 Å². The van der Waals surface area contributed by atoms with E-state index in [0.29, 0.717) is 6.42 Å². The molecule has 2 atom stereocenters. The predicted molar refractivity (Wildman–Crippen MR) is 85.8 cm³/mol. The van der Waals surface area contributed by atoms with Gasteiger partial charge in [-0.1, -0.05) is 62.1 Å². The molecule has 0 fully saturated rings. The standard InChI is InChI=1S/C18H20F3NO/c1-3-5-8-13-11-17(4-2,15-10-7-6-9-14(13)15)16(23)22-12-18(19,20)21/h3,5-11,16,22-23H,1,4,12H2,2H3/b8-5-. The zero-order chi connectivity index (χ0) is 17.1. The first kappa shape index (κ1) is 17.5. The Labute approximate surface area is 134 Å². The molecule has 2 unspecified atom stereocenters. The average molecular weight is 323 g/mol. The molecule has 0 heterocycles. The van der Waals surface area contributed by atoms with Gasteiger partial charge in [0.05, 0.1) is 12.0 Å². The van der Waals surface area contributed by atoms with Gasteiger partial charge in [-0.3, -0.25) is 5.32 Å². The van der Waals surface area contributed by atoms with Gasteiger partial charge < -0.3 is 5.11 Å². The van der Waals surface area contributed by atoms with Gasteiger partial charge in [0.2, 0.25) is 0 Å². The summed E-state index contributed by atoms with van der Waals surface area (Å²) in [4.78, 5) is 0. The Morgan fingerprint density at radius 3 is 2.65 bits per heavy atom. The molecule has 0 saturated heterocycles. The van der Waals surface area contributed by atoms with Crippen molar-refractivity contribution in [3.8, 4) is 0 Å². The maximum Gasteiger partial charge on any atom is 0.401 e. The number of aliphatic hydroxyl groups is 1. The molecule has 0 radical (unpaired) electrons. The van der Waals surface area contributed by atoms with Crippen LogP contribution in [0.25, 0.3) is 5.57 Å². The first-order valence-corrected chi connectivity index (χ1v) is 7.44. The highest BCUT2D eigenvalue weighted by Gasteiger charge is 2.43. The summed E-state index contributed by atoms with van der Waals surface area (Å²) in [6.45, 7) is 4.25. The number of allylic oxidation sites excluding steroid dienone is 4. The van der Waals surface area contributed by atoms with Crippen LogP contribution in [0.5, 0.6) is 0 Å². The summed E-state index contributed by atoms with van der Waals surface area (Å²) in [5.74, 6) is 0. The Balaban J connectivity index is 2.42. The highest BCUT2D eigenvalue weighted by atomic mass is 19.4. The average Bonchev–Trinajstić information content (AvgIpc) is 2.85. The lowest BCUT2D eigenvalue weighted by atomic mass is 9.78. The topological polar surface area (TPSA) is 32.3 Å². The van der Waals surface area contributed by atoms with Crippen LogP contribution in [0, 0.1) is 0 Å². The van der Waals surface area contributed by atoms with Gasteiger partial charge in [0.15, 0.2) is 0 Å². The van der Waals surface area contributed by atoms with Crippen molar-refractivity contribution in [2.24, 2.45) is 0 Å². The van der Waals surface area contributed by atoms with Crippen molar-refractivity contribution in [2.45, 2.75) is 31.2 Å². The second-order valence-corrected chi connectivity index (χ2v) is 5.53. The summed E-state index contributed by atoms with van der Waals surface area (Å²) in [6.07, 6.45) is 1.86. The van der Waals surface area contributed by atoms with Gasteiger partial charge >= 0.3 is 6.18 Å². The van der Waals surface area contributed by atoms with Crippen molar-refractivity contribution in [3.63, 3.8) is 0 Å².